The normalized spacial score (nSPS) is 9.55. The highest BCUT2D eigenvalue weighted by molar-refractivity contribution is 5.73. The maximum Gasteiger partial charge on any atom is 0.168 e. The number of carbonyl (C=O) groups excluding carboxylic acids is 1. The number of aldehydes is 1. The van der Waals surface area contributed by atoms with Gasteiger partial charge >= 0.3 is 0 Å². The van der Waals surface area contributed by atoms with E-state index in [0.29, 0.717) is 11.4 Å². The van der Waals surface area contributed by atoms with E-state index in [9.17, 15) is 4.79 Å². The van der Waals surface area contributed by atoms with Gasteiger partial charge in [-0.15, -0.1) is 0 Å². The minimum absolute atomic E-state index is 0.441. The van der Waals surface area contributed by atoms with Crippen LogP contribution < -0.4 is 5.73 Å². The molecule has 0 spiro atoms. The first kappa shape index (κ1) is 7.72. The lowest BCUT2D eigenvalue weighted by atomic mass is 10.1. The van der Waals surface area contributed by atoms with Gasteiger partial charge in [0, 0.05) is 0 Å². The maximum absolute atomic E-state index is 10.3. The fourth-order valence-corrected chi connectivity index (χ4v) is 0.897. The number of pyridine rings is 1. The van der Waals surface area contributed by atoms with E-state index in [1.807, 2.05) is 6.92 Å². The summed E-state index contributed by atoms with van der Waals surface area (Å²) in [5, 5.41) is 0. The first-order chi connectivity index (χ1) is 5.27. The second-order valence-electron chi connectivity index (χ2n) is 2.28. The first-order valence-electron chi connectivity index (χ1n) is 3.47. The van der Waals surface area contributed by atoms with Crippen molar-refractivity contribution < 1.29 is 4.79 Å². The minimum Gasteiger partial charge on any atom is -0.397 e. The van der Waals surface area contributed by atoms with Crippen molar-refractivity contribution in [3.63, 3.8) is 0 Å². The zero-order chi connectivity index (χ0) is 8.27. The van der Waals surface area contributed by atoms with Gasteiger partial charge in [-0.3, -0.25) is 9.78 Å². The molecule has 0 fully saturated rings. The molecule has 0 aromatic carbocycles. The van der Waals surface area contributed by atoms with E-state index >= 15 is 0 Å². The molecular weight excluding hydrogens is 140 g/mol. The van der Waals surface area contributed by atoms with E-state index in [4.69, 9.17) is 5.73 Å². The molecule has 0 aliphatic carbocycles. The summed E-state index contributed by atoms with van der Waals surface area (Å²) in [6.45, 7) is 1.99. The summed E-state index contributed by atoms with van der Waals surface area (Å²) >= 11 is 0. The Hall–Kier alpha value is -1.38. The zero-order valence-corrected chi connectivity index (χ0v) is 6.37. The van der Waals surface area contributed by atoms with Crippen molar-refractivity contribution in [2.24, 2.45) is 0 Å². The van der Waals surface area contributed by atoms with E-state index in [1.165, 1.54) is 6.20 Å². The standard InChI is InChI=1S/C8H10N2O/c1-2-6-3-7(5-11)10-4-8(6)9/h3-5H,2,9H2,1H3. The third kappa shape index (κ3) is 1.55. The lowest BCUT2D eigenvalue weighted by Crippen LogP contribution is -1.96. The molecule has 11 heavy (non-hydrogen) atoms. The van der Waals surface area contributed by atoms with Crippen LogP contribution in [0.15, 0.2) is 12.3 Å². The number of nitrogens with zero attached hydrogens (tertiary/aromatic N) is 1. The molecule has 3 heteroatoms. The Bertz CT molecular complexity index is 271. The Labute approximate surface area is 65.2 Å². The summed E-state index contributed by atoms with van der Waals surface area (Å²) in [5.74, 6) is 0. The van der Waals surface area contributed by atoms with Crippen molar-refractivity contribution in [1.29, 1.82) is 0 Å². The van der Waals surface area contributed by atoms with Crippen molar-refractivity contribution in [3.8, 4) is 0 Å². The number of rotatable bonds is 2. The van der Waals surface area contributed by atoms with Crippen LogP contribution in [-0.4, -0.2) is 11.3 Å². The molecule has 0 radical (unpaired) electrons. The first-order valence-corrected chi connectivity index (χ1v) is 3.47. The molecule has 1 heterocycles. The van der Waals surface area contributed by atoms with Crippen LogP contribution in [0.25, 0.3) is 0 Å². The maximum atomic E-state index is 10.3. The van der Waals surface area contributed by atoms with Crippen molar-refractivity contribution in [1.82, 2.24) is 4.98 Å². The van der Waals surface area contributed by atoms with Crippen molar-refractivity contribution >= 4 is 12.0 Å². The van der Waals surface area contributed by atoms with Gasteiger partial charge in [0.15, 0.2) is 6.29 Å². The Morgan fingerprint density at radius 1 is 1.73 bits per heavy atom. The number of anilines is 1. The van der Waals surface area contributed by atoms with Gasteiger partial charge in [0.05, 0.1) is 11.9 Å². The molecule has 2 N–H and O–H groups in total. The average molecular weight is 150 g/mol. The van der Waals surface area contributed by atoms with E-state index in [-0.39, 0.29) is 0 Å². The highest BCUT2D eigenvalue weighted by Crippen LogP contribution is 2.10. The number of aryl methyl sites for hydroxylation is 1. The summed E-state index contributed by atoms with van der Waals surface area (Å²) < 4.78 is 0. The van der Waals surface area contributed by atoms with Gasteiger partial charge in [-0.1, -0.05) is 6.92 Å². The largest absolute Gasteiger partial charge is 0.397 e. The van der Waals surface area contributed by atoms with Crippen molar-refractivity contribution in [2.45, 2.75) is 13.3 Å². The zero-order valence-electron chi connectivity index (χ0n) is 6.37. The summed E-state index contributed by atoms with van der Waals surface area (Å²) in [4.78, 5) is 14.1. The summed E-state index contributed by atoms with van der Waals surface area (Å²) in [6, 6.07) is 1.71. The van der Waals surface area contributed by atoms with Crippen LogP contribution in [0.3, 0.4) is 0 Å². The molecule has 0 atom stereocenters. The van der Waals surface area contributed by atoms with Gasteiger partial charge in [-0.25, -0.2) is 0 Å². The molecule has 1 aromatic rings. The van der Waals surface area contributed by atoms with Gasteiger partial charge in [-0.2, -0.15) is 0 Å². The smallest absolute Gasteiger partial charge is 0.168 e. The SMILES string of the molecule is CCc1cc(C=O)ncc1N. The third-order valence-electron chi connectivity index (χ3n) is 1.55. The van der Waals surface area contributed by atoms with E-state index in [1.54, 1.807) is 6.07 Å². The molecule has 58 valence electrons. The molecule has 0 aliphatic rings. The van der Waals surface area contributed by atoms with Crippen LogP contribution in [0.1, 0.15) is 23.0 Å². The topological polar surface area (TPSA) is 56.0 Å². The van der Waals surface area contributed by atoms with Gasteiger partial charge in [0.25, 0.3) is 0 Å². The van der Waals surface area contributed by atoms with Gasteiger partial charge < -0.3 is 5.73 Å². The Balaban J connectivity index is 3.12. The molecule has 0 amide bonds. The van der Waals surface area contributed by atoms with Crippen LogP contribution in [0, 0.1) is 0 Å². The average Bonchev–Trinajstić information content (AvgIpc) is 2.05. The second kappa shape index (κ2) is 3.14. The fourth-order valence-electron chi connectivity index (χ4n) is 0.897. The number of hydrogen-bond donors (Lipinski definition) is 1. The minimum atomic E-state index is 0.441. The predicted molar refractivity (Wildman–Crippen MR) is 43.4 cm³/mol. The lowest BCUT2D eigenvalue weighted by Gasteiger charge is -2.00. The monoisotopic (exact) mass is 150 g/mol. The summed E-state index contributed by atoms with van der Waals surface area (Å²) in [5.41, 5.74) is 7.64. The molecule has 0 aliphatic heterocycles. The van der Waals surface area contributed by atoms with Crippen LogP contribution >= 0.6 is 0 Å². The Morgan fingerprint density at radius 2 is 2.45 bits per heavy atom. The second-order valence-corrected chi connectivity index (χ2v) is 2.28. The highest BCUT2D eigenvalue weighted by Gasteiger charge is 1.98. The van der Waals surface area contributed by atoms with Gasteiger partial charge in [-0.05, 0) is 18.1 Å². The number of aromatic nitrogens is 1. The molecule has 0 unspecified atom stereocenters. The van der Waals surface area contributed by atoms with E-state index < -0.39 is 0 Å². The molecule has 3 nitrogen and oxygen atoms in total. The van der Waals surface area contributed by atoms with Gasteiger partial charge in [0.2, 0.25) is 0 Å². The molecule has 1 aromatic heterocycles. The van der Waals surface area contributed by atoms with Crippen LogP contribution in [0.2, 0.25) is 0 Å². The fraction of sp³-hybridized carbons (Fsp3) is 0.250. The van der Waals surface area contributed by atoms with Crippen LogP contribution in [-0.2, 0) is 6.42 Å². The van der Waals surface area contributed by atoms with Gasteiger partial charge in [0.1, 0.15) is 5.69 Å². The highest BCUT2D eigenvalue weighted by atomic mass is 16.1. The Morgan fingerprint density at radius 3 is 3.00 bits per heavy atom. The number of nitrogens with two attached hydrogens (primary N) is 1. The number of nitrogen functional groups attached to an aromatic ring is 1. The molecule has 0 bridgehead atoms. The molecular formula is C8H10N2O. The van der Waals surface area contributed by atoms with Crippen molar-refractivity contribution in [2.75, 3.05) is 5.73 Å². The van der Waals surface area contributed by atoms with E-state index in [2.05, 4.69) is 4.98 Å². The lowest BCUT2D eigenvalue weighted by molar-refractivity contribution is 0.111. The Kier molecular flexibility index (Phi) is 2.21. The number of hydrogen-bond acceptors (Lipinski definition) is 3. The van der Waals surface area contributed by atoms with Crippen molar-refractivity contribution in [3.05, 3.63) is 23.5 Å². The molecule has 1 rings (SSSR count). The number of carbonyl (C=O) groups is 1. The summed E-state index contributed by atoms with van der Waals surface area (Å²) in [7, 11) is 0. The predicted octanol–water partition coefficient (Wildman–Crippen LogP) is 1.04. The van der Waals surface area contributed by atoms with Crippen LogP contribution in [0.4, 0.5) is 5.69 Å². The quantitative estimate of drug-likeness (QED) is 0.641. The molecule has 0 saturated heterocycles. The molecule has 0 saturated carbocycles. The van der Waals surface area contributed by atoms with Crippen LogP contribution in [0.5, 0.6) is 0 Å². The summed E-state index contributed by atoms with van der Waals surface area (Å²) in [6.07, 6.45) is 3.07. The van der Waals surface area contributed by atoms with E-state index in [0.717, 1.165) is 18.3 Å². The third-order valence-corrected chi connectivity index (χ3v) is 1.55.